The Morgan fingerprint density at radius 3 is 2.85 bits per heavy atom. The maximum Gasteiger partial charge on any atom is 0.204 e. The number of nitrogens with one attached hydrogen (secondary N) is 1. The van der Waals surface area contributed by atoms with E-state index >= 15 is 0 Å². The van der Waals surface area contributed by atoms with Gasteiger partial charge in [-0.3, -0.25) is 5.43 Å². The Hall–Kier alpha value is -3.45. The van der Waals surface area contributed by atoms with Gasteiger partial charge in [-0.2, -0.15) is 5.10 Å². The number of anilines is 1. The number of carboxylic acid groups (broad SMARTS) is 1. The number of thiazole rings is 1. The van der Waals surface area contributed by atoms with E-state index in [1.54, 1.807) is 37.4 Å². The van der Waals surface area contributed by atoms with Crippen molar-refractivity contribution in [2.45, 2.75) is 6.92 Å². The van der Waals surface area contributed by atoms with E-state index in [-0.39, 0.29) is 5.56 Å². The summed E-state index contributed by atoms with van der Waals surface area (Å²) in [5.41, 5.74) is 5.27. The summed E-state index contributed by atoms with van der Waals surface area (Å²) in [7, 11) is 0. The monoisotopic (exact) mass is 376 g/mol. The molecule has 0 aliphatic carbocycles. The lowest BCUT2D eigenvalue weighted by Crippen LogP contribution is -2.23. The smallest absolute Gasteiger partial charge is 0.204 e. The van der Waals surface area contributed by atoms with E-state index in [0.29, 0.717) is 27.8 Å². The summed E-state index contributed by atoms with van der Waals surface area (Å²) in [6.45, 7) is 1.73. The van der Waals surface area contributed by atoms with Crippen LogP contribution in [0.2, 0.25) is 0 Å². The van der Waals surface area contributed by atoms with E-state index in [1.807, 2.05) is 24.3 Å². The van der Waals surface area contributed by atoms with Gasteiger partial charge in [-0.05, 0) is 36.8 Å². The quantitative estimate of drug-likeness (QED) is 0.424. The molecule has 6 nitrogen and oxygen atoms in total. The second-order valence-corrected chi connectivity index (χ2v) is 6.86. The lowest BCUT2D eigenvalue weighted by Gasteiger charge is -2.10. The average Bonchev–Trinajstić information content (AvgIpc) is 3.28. The van der Waals surface area contributed by atoms with E-state index in [4.69, 9.17) is 4.42 Å². The highest BCUT2D eigenvalue weighted by atomic mass is 32.1. The summed E-state index contributed by atoms with van der Waals surface area (Å²) >= 11 is 1.51. The van der Waals surface area contributed by atoms with Crippen LogP contribution in [-0.2, 0) is 0 Å². The lowest BCUT2D eigenvalue weighted by atomic mass is 10.0. The highest BCUT2D eigenvalue weighted by Crippen LogP contribution is 2.27. The van der Waals surface area contributed by atoms with Crippen molar-refractivity contribution in [3.8, 4) is 11.3 Å². The van der Waals surface area contributed by atoms with Gasteiger partial charge < -0.3 is 14.3 Å². The van der Waals surface area contributed by atoms with Crippen LogP contribution in [0, 0.1) is 6.92 Å². The third kappa shape index (κ3) is 3.45. The van der Waals surface area contributed by atoms with Crippen molar-refractivity contribution in [2.75, 3.05) is 5.43 Å². The number of nitrogens with zero attached hydrogens (tertiary/aromatic N) is 2. The van der Waals surface area contributed by atoms with E-state index < -0.39 is 5.97 Å². The number of carbonyl (C=O) groups is 1. The summed E-state index contributed by atoms with van der Waals surface area (Å²) in [6, 6.07) is 16.4. The average molecular weight is 376 g/mol. The molecule has 0 amide bonds. The first kappa shape index (κ1) is 17.0. The number of carboxylic acids is 1. The molecular weight excluding hydrogens is 362 g/mol. The van der Waals surface area contributed by atoms with Crippen LogP contribution >= 0.6 is 11.3 Å². The van der Waals surface area contributed by atoms with Gasteiger partial charge in [0.15, 0.2) is 0 Å². The van der Waals surface area contributed by atoms with Gasteiger partial charge in [-0.15, -0.1) is 0 Å². The Kier molecular flexibility index (Phi) is 4.43. The number of hydrogen-bond acceptors (Lipinski definition) is 7. The number of aromatic carboxylic acids is 1. The summed E-state index contributed by atoms with van der Waals surface area (Å²) in [5, 5.41) is 16.0. The van der Waals surface area contributed by atoms with Crippen LogP contribution < -0.4 is 10.5 Å². The number of benzene rings is 2. The Morgan fingerprint density at radius 2 is 2.04 bits per heavy atom. The first-order valence-corrected chi connectivity index (χ1v) is 8.99. The molecule has 7 heteroatoms. The zero-order valence-corrected chi connectivity index (χ0v) is 15.1. The predicted octanol–water partition coefficient (Wildman–Crippen LogP) is 3.67. The van der Waals surface area contributed by atoms with Crippen molar-refractivity contribution >= 4 is 38.9 Å². The van der Waals surface area contributed by atoms with Crippen molar-refractivity contribution in [1.29, 1.82) is 0 Å². The topological polar surface area (TPSA) is 90.5 Å². The molecule has 2 heterocycles. The van der Waals surface area contributed by atoms with Crippen molar-refractivity contribution in [1.82, 2.24) is 4.98 Å². The number of fused-ring (bicyclic) bond motifs is 1. The SMILES string of the molecule is Cc1c(C(=O)[O-])cccc1-c1ccc(/C=N\Nc2nc3ccccc3s2)o1. The summed E-state index contributed by atoms with van der Waals surface area (Å²) in [6.07, 6.45) is 1.55. The maximum absolute atomic E-state index is 11.2. The van der Waals surface area contributed by atoms with Gasteiger partial charge in [0.25, 0.3) is 0 Å². The van der Waals surface area contributed by atoms with Gasteiger partial charge in [-0.1, -0.05) is 41.7 Å². The van der Waals surface area contributed by atoms with Crippen LogP contribution in [0.3, 0.4) is 0 Å². The minimum Gasteiger partial charge on any atom is -0.545 e. The first-order chi connectivity index (χ1) is 13.1. The van der Waals surface area contributed by atoms with Crippen molar-refractivity contribution in [2.24, 2.45) is 5.10 Å². The number of hydrazone groups is 1. The van der Waals surface area contributed by atoms with E-state index in [9.17, 15) is 9.90 Å². The lowest BCUT2D eigenvalue weighted by molar-refractivity contribution is -0.255. The maximum atomic E-state index is 11.2. The highest BCUT2D eigenvalue weighted by Gasteiger charge is 2.10. The molecule has 0 aliphatic rings. The third-order valence-corrected chi connectivity index (χ3v) is 5.03. The molecule has 0 radical (unpaired) electrons. The Morgan fingerprint density at radius 1 is 1.19 bits per heavy atom. The van der Waals surface area contributed by atoms with Gasteiger partial charge >= 0.3 is 0 Å². The molecule has 4 aromatic rings. The molecule has 0 aliphatic heterocycles. The Labute approximate surface area is 158 Å². The third-order valence-electron chi connectivity index (χ3n) is 4.09. The Bertz CT molecular complexity index is 1130. The molecule has 0 bridgehead atoms. The van der Waals surface area contributed by atoms with E-state index in [1.165, 1.54) is 17.4 Å². The number of rotatable bonds is 5. The molecule has 2 aromatic carbocycles. The zero-order chi connectivity index (χ0) is 18.8. The molecule has 134 valence electrons. The fourth-order valence-electron chi connectivity index (χ4n) is 2.76. The fraction of sp³-hybridized carbons (Fsp3) is 0.0500. The van der Waals surface area contributed by atoms with Crippen LogP contribution in [0.5, 0.6) is 0 Å². The van der Waals surface area contributed by atoms with Crippen molar-refractivity contribution in [3.63, 3.8) is 0 Å². The molecule has 0 spiro atoms. The molecule has 4 rings (SSSR count). The van der Waals surface area contributed by atoms with Gasteiger partial charge in [0.1, 0.15) is 11.5 Å². The van der Waals surface area contributed by atoms with Gasteiger partial charge in [-0.25, -0.2) is 4.98 Å². The molecule has 0 fully saturated rings. The molecule has 0 saturated heterocycles. The van der Waals surface area contributed by atoms with Crippen LogP contribution in [0.1, 0.15) is 21.7 Å². The number of hydrogen-bond donors (Lipinski definition) is 1. The van der Waals surface area contributed by atoms with Crippen LogP contribution in [-0.4, -0.2) is 17.2 Å². The minimum atomic E-state index is -1.21. The second kappa shape index (κ2) is 7.05. The molecule has 27 heavy (non-hydrogen) atoms. The minimum absolute atomic E-state index is 0.150. The van der Waals surface area contributed by atoms with Crippen LogP contribution in [0.4, 0.5) is 5.13 Å². The fourth-order valence-corrected chi connectivity index (χ4v) is 3.58. The normalized spacial score (nSPS) is 11.3. The standard InChI is InChI=1S/C20H15N3O3S/c1-12-14(5-4-6-15(12)19(24)25)17-10-9-13(26-17)11-21-23-20-22-16-7-2-3-8-18(16)27-20/h2-11H,1H3,(H,22,23)(H,24,25)/p-1/b21-11-. The van der Waals surface area contributed by atoms with Crippen molar-refractivity contribution in [3.05, 3.63) is 71.5 Å². The van der Waals surface area contributed by atoms with Gasteiger partial charge in [0.2, 0.25) is 5.13 Å². The van der Waals surface area contributed by atoms with Crippen LogP contribution in [0.25, 0.3) is 21.5 Å². The summed E-state index contributed by atoms with van der Waals surface area (Å²) in [4.78, 5) is 15.6. The van der Waals surface area contributed by atoms with Crippen molar-refractivity contribution < 1.29 is 14.3 Å². The largest absolute Gasteiger partial charge is 0.545 e. The molecule has 0 atom stereocenters. The number of furan rings is 1. The molecule has 0 unspecified atom stereocenters. The number of para-hydroxylation sites is 1. The first-order valence-electron chi connectivity index (χ1n) is 8.17. The van der Waals surface area contributed by atoms with Gasteiger partial charge in [0.05, 0.1) is 22.4 Å². The zero-order valence-electron chi connectivity index (χ0n) is 14.3. The van der Waals surface area contributed by atoms with E-state index in [0.717, 1.165) is 10.2 Å². The molecule has 0 saturated carbocycles. The van der Waals surface area contributed by atoms with Crippen LogP contribution in [0.15, 0.2) is 64.1 Å². The molecule has 2 aromatic heterocycles. The summed E-state index contributed by atoms with van der Waals surface area (Å²) < 4.78 is 6.84. The van der Waals surface area contributed by atoms with Gasteiger partial charge in [0, 0.05) is 11.1 Å². The van der Waals surface area contributed by atoms with E-state index in [2.05, 4.69) is 15.5 Å². The Balaban J connectivity index is 1.52. The highest BCUT2D eigenvalue weighted by molar-refractivity contribution is 7.22. The summed E-state index contributed by atoms with van der Waals surface area (Å²) in [5.74, 6) is -0.100. The second-order valence-electron chi connectivity index (χ2n) is 5.82. The molecule has 1 N–H and O–H groups in total. The predicted molar refractivity (Wildman–Crippen MR) is 104 cm³/mol. The number of aromatic nitrogens is 1. The molecular formula is C20H14N3O3S-. The number of carbonyl (C=O) groups excluding carboxylic acids is 1.